The summed E-state index contributed by atoms with van der Waals surface area (Å²) in [6.07, 6.45) is 3.37. The van der Waals surface area contributed by atoms with Gasteiger partial charge in [0.25, 0.3) is 0 Å². The molecule has 0 saturated heterocycles. The Hall–Kier alpha value is -2.02. The number of anilines is 1. The van der Waals surface area contributed by atoms with Gasteiger partial charge in [-0.25, -0.2) is 4.98 Å². The molecule has 2 N–H and O–H groups in total. The van der Waals surface area contributed by atoms with Gasteiger partial charge in [-0.05, 0) is 12.1 Å². The predicted octanol–water partition coefficient (Wildman–Crippen LogP) is 0.788. The highest BCUT2D eigenvalue weighted by Crippen LogP contribution is 2.12. The molecule has 0 bridgehead atoms. The van der Waals surface area contributed by atoms with E-state index in [4.69, 9.17) is 11.0 Å². The van der Waals surface area contributed by atoms with Crippen LogP contribution in [0.5, 0.6) is 0 Å². The lowest BCUT2D eigenvalue weighted by Gasteiger charge is -1.99. The molecular formula is C8H6N4. The van der Waals surface area contributed by atoms with Crippen molar-refractivity contribution in [2.24, 2.45) is 0 Å². The van der Waals surface area contributed by atoms with E-state index in [9.17, 15) is 0 Å². The molecule has 0 aliphatic carbocycles. The molecule has 0 amide bonds. The molecule has 4 nitrogen and oxygen atoms in total. The predicted molar refractivity (Wildman–Crippen MR) is 44.3 cm³/mol. The highest BCUT2D eigenvalue weighted by Gasteiger charge is 2.02. The molecule has 58 valence electrons. The van der Waals surface area contributed by atoms with Gasteiger partial charge in [0.2, 0.25) is 0 Å². The number of nitrogen functional groups attached to an aromatic ring is 1. The number of fused-ring (bicyclic) bond motifs is 1. The molecule has 4 heteroatoms. The summed E-state index contributed by atoms with van der Waals surface area (Å²) in [6.45, 7) is 0. The van der Waals surface area contributed by atoms with E-state index in [1.54, 1.807) is 28.9 Å². The third kappa shape index (κ3) is 0.736. The quantitative estimate of drug-likeness (QED) is 0.616. The summed E-state index contributed by atoms with van der Waals surface area (Å²) < 4.78 is 1.68. The largest absolute Gasteiger partial charge is 0.384 e. The Labute approximate surface area is 68.9 Å². The fraction of sp³-hybridized carbons (Fsp3) is 0. The highest BCUT2D eigenvalue weighted by molar-refractivity contribution is 5.57. The third-order valence-corrected chi connectivity index (χ3v) is 1.72. The van der Waals surface area contributed by atoms with Gasteiger partial charge in [0.1, 0.15) is 17.5 Å². The van der Waals surface area contributed by atoms with Crippen LogP contribution in [-0.4, -0.2) is 9.38 Å². The summed E-state index contributed by atoms with van der Waals surface area (Å²) in [7, 11) is 0. The summed E-state index contributed by atoms with van der Waals surface area (Å²) >= 11 is 0. The van der Waals surface area contributed by atoms with Crippen molar-refractivity contribution in [3.05, 3.63) is 30.1 Å². The van der Waals surface area contributed by atoms with Crippen LogP contribution in [-0.2, 0) is 0 Å². The van der Waals surface area contributed by atoms with E-state index >= 15 is 0 Å². The van der Waals surface area contributed by atoms with E-state index in [0.717, 1.165) is 5.65 Å². The first kappa shape index (κ1) is 6.68. The molecule has 2 aromatic heterocycles. The minimum atomic E-state index is 0.438. The highest BCUT2D eigenvalue weighted by atomic mass is 15.0. The lowest BCUT2D eigenvalue weighted by atomic mass is 10.3. The maximum Gasteiger partial charge on any atom is 0.138 e. The smallest absolute Gasteiger partial charge is 0.138 e. The molecule has 0 saturated carbocycles. The second-order valence-corrected chi connectivity index (χ2v) is 2.40. The Balaban J connectivity index is 2.89. The van der Waals surface area contributed by atoms with Gasteiger partial charge in [0.05, 0.1) is 5.56 Å². The van der Waals surface area contributed by atoms with Crippen molar-refractivity contribution in [2.45, 2.75) is 0 Å². The van der Waals surface area contributed by atoms with Crippen molar-refractivity contribution in [1.29, 1.82) is 5.26 Å². The third-order valence-electron chi connectivity index (χ3n) is 1.72. The second-order valence-electron chi connectivity index (χ2n) is 2.40. The fourth-order valence-electron chi connectivity index (χ4n) is 1.11. The van der Waals surface area contributed by atoms with Gasteiger partial charge in [-0.1, -0.05) is 0 Å². The van der Waals surface area contributed by atoms with Crippen LogP contribution in [0.2, 0.25) is 0 Å². The van der Waals surface area contributed by atoms with E-state index in [1.165, 1.54) is 0 Å². The fourth-order valence-corrected chi connectivity index (χ4v) is 1.11. The van der Waals surface area contributed by atoms with E-state index in [1.807, 2.05) is 6.07 Å². The lowest BCUT2D eigenvalue weighted by Crippen LogP contribution is -1.98. The lowest BCUT2D eigenvalue weighted by molar-refractivity contribution is 1.19. The standard InChI is InChI=1S/C8H6N4/c9-5-6-1-2-7-11-3-4-12(7)8(6)10/h1-4H,10H2. The van der Waals surface area contributed by atoms with Crippen molar-refractivity contribution < 1.29 is 0 Å². The Morgan fingerprint density at radius 1 is 1.50 bits per heavy atom. The molecule has 0 atom stereocenters. The minimum Gasteiger partial charge on any atom is -0.384 e. The first-order valence-corrected chi connectivity index (χ1v) is 3.44. The van der Waals surface area contributed by atoms with Crippen molar-refractivity contribution in [1.82, 2.24) is 9.38 Å². The molecule has 12 heavy (non-hydrogen) atoms. The summed E-state index contributed by atoms with van der Waals surface area (Å²) in [5.74, 6) is 0.438. The van der Waals surface area contributed by atoms with E-state index in [2.05, 4.69) is 4.98 Å². The number of nitrogens with zero attached hydrogens (tertiary/aromatic N) is 3. The Bertz CT molecular complexity index is 463. The van der Waals surface area contributed by atoms with Crippen LogP contribution < -0.4 is 5.73 Å². The first-order chi connectivity index (χ1) is 5.83. The Morgan fingerprint density at radius 2 is 2.33 bits per heavy atom. The molecule has 0 fully saturated rings. The van der Waals surface area contributed by atoms with Gasteiger partial charge < -0.3 is 5.73 Å². The number of rotatable bonds is 0. The first-order valence-electron chi connectivity index (χ1n) is 3.44. The molecule has 0 radical (unpaired) electrons. The average Bonchev–Trinajstić information content (AvgIpc) is 2.53. The van der Waals surface area contributed by atoms with Crippen LogP contribution >= 0.6 is 0 Å². The van der Waals surface area contributed by atoms with Crippen LogP contribution in [0.25, 0.3) is 5.65 Å². The van der Waals surface area contributed by atoms with Gasteiger partial charge in [-0.3, -0.25) is 4.40 Å². The molecule has 2 heterocycles. The second kappa shape index (κ2) is 2.24. The van der Waals surface area contributed by atoms with Gasteiger partial charge in [0.15, 0.2) is 0 Å². The molecule has 2 aromatic rings. The summed E-state index contributed by atoms with van der Waals surface area (Å²) in [4.78, 5) is 4.03. The van der Waals surface area contributed by atoms with E-state index in [0.29, 0.717) is 11.4 Å². The van der Waals surface area contributed by atoms with Crippen molar-refractivity contribution in [2.75, 3.05) is 5.73 Å². The molecule has 2 rings (SSSR count). The summed E-state index contributed by atoms with van der Waals surface area (Å²) in [5, 5.41) is 8.65. The SMILES string of the molecule is N#Cc1ccc2nccn2c1N. The zero-order chi connectivity index (χ0) is 8.55. The minimum absolute atomic E-state index is 0.438. The number of imidazole rings is 1. The number of hydrogen-bond acceptors (Lipinski definition) is 3. The van der Waals surface area contributed by atoms with Gasteiger partial charge >= 0.3 is 0 Å². The average molecular weight is 158 g/mol. The van der Waals surface area contributed by atoms with Gasteiger partial charge in [-0.15, -0.1) is 0 Å². The van der Waals surface area contributed by atoms with E-state index in [-0.39, 0.29) is 0 Å². The number of nitriles is 1. The topological polar surface area (TPSA) is 67.1 Å². The van der Waals surface area contributed by atoms with Crippen LogP contribution in [0, 0.1) is 11.3 Å². The van der Waals surface area contributed by atoms with Crippen molar-refractivity contribution in [3.63, 3.8) is 0 Å². The monoisotopic (exact) mass is 158 g/mol. The maximum absolute atomic E-state index is 8.65. The normalized spacial score (nSPS) is 9.92. The Morgan fingerprint density at radius 3 is 3.08 bits per heavy atom. The molecule has 0 aliphatic heterocycles. The zero-order valence-electron chi connectivity index (χ0n) is 6.23. The van der Waals surface area contributed by atoms with E-state index < -0.39 is 0 Å². The number of hydrogen-bond donors (Lipinski definition) is 1. The van der Waals surface area contributed by atoms with Crippen LogP contribution in [0.3, 0.4) is 0 Å². The van der Waals surface area contributed by atoms with Crippen molar-refractivity contribution in [3.8, 4) is 6.07 Å². The number of nitrogens with two attached hydrogens (primary N) is 1. The number of aromatic nitrogens is 2. The molecule has 0 spiro atoms. The number of pyridine rings is 1. The molecular weight excluding hydrogens is 152 g/mol. The molecule has 0 unspecified atom stereocenters. The molecule has 0 aliphatic rings. The van der Waals surface area contributed by atoms with Crippen LogP contribution in [0.15, 0.2) is 24.5 Å². The summed E-state index contributed by atoms with van der Waals surface area (Å²) in [5.41, 5.74) is 6.90. The summed E-state index contributed by atoms with van der Waals surface area (Å²) in [6, 6.07) is 5.43. The van der Waals surface area contributed by atoms with Crippen LogP contribution in [0.1, 0.15) is 5.56 Å². The Kier molecular flexibility index (Phi) is 1.25. The maximum atomic E-state index is 8.65. The van der Waals surface area contributed by atoms with Crippen molar-refractivity contribution >= 4 is 11.5 Å². The van der Waals surface area contributed by atoms with Gasteiger partial charge in [-0.2, -0.15) is 5.26 Å². The van der Waals surface area contributed by atoms with Crippen LogP contribution in [0.4, 0.5) is 5.82 Å². The zero-order valence-corrected chi connectivity index (χ0v) is 6.23. The van der Waals surface area contributed by atoms with Gasteiger partial charge in [0, 0.05) is 12.4 Å². The molecule has 0 aromatic carbocycles.